The highest BCUT2D eigenvalue weighted by Gasteiger charge is 2.35. The summed E-state index contributed by atoms with van der Waals surface area (Å²) >= 11 is 0. The molecular formula is C19H24N4O. The summed E-state index contributed by atoms with van der Waals surface area (Å²) in [4.78, 5) is 25.4. The van der Waals surface area contributed by atoms with Gasteiger partial charge < -0.3 is 14.8 Å². The van der Waals surface area contributed by atoms with Crippen molar-refractivity contribution < 1.29 is 4.79 Å². The maximum Gasteiger partial charge on any atom is 0.274 e. The third-order valence-corrected chi connectivity index (χ3v) is 5.41. The summed E-state index contributed by atoms with van der Waals surface area (Å²) < 4.78 is 0. The number of carbonyl (C=O) groups is 1. The third kappa shape index (κ3) is 2.73. The van der Waals surface area contributed by atoms with E-state index >= 15 is 0 Å². The predicted molar refractivity (Wildman–Crippen MR) is 93.8 cm³/mol. The summed E-state index contributed by atoms with van der Waals surface area (Å²) in [7, 11) is 2.18. The lowest BCUT2D eigenvalue weighted by molar-refractivity contribution is 0.0736. The second-order valence-electron chi connectivity index (χ2n) is 7.17. The number of nitrogens with one attached hydrogen (secondary N) is 1. The zero-order chi connectivity index (χ0) is 16.7. The molecule has 126 valence electrons. The number of amides is 1. The van der Waals surface area contributed by atoms with Crippen molar-refractivity contribution in [1.82, 2.24) is 19.8 Å². The number of aryl methyl sites for hydroxylation is 1. The summed E-state index contributed by atoms with van der Waals surface area (Å²) in [5.74, 6) is 1.43. The first-order valence-electron chi connectivity index (χ1n) is 8.73. The van der Waals surface area contributed by atoms with Crippen molar-refractivity contribution in [2.24, 2.45) is 5.92 Å². The van der Waals surface area contributed by atoms with Gasteiger partial charge in [0.15, 0.2) is 0 Å². The Kier molecular flexibility index (Phi) is 3.88. The van der Waals surface area contributed by atoms with Crippen LogP contribution in [0, 0.1) is 12.8 Å². The first-order chi connectivity index (χ1) is 11.6. The lowest BCUT2D eigenvalue weighted by atomic mass is 9.96. The SMILES string of the molecule is Cc1[nH]c(-c2ccccc2)nc1C(=O)N1C[C@@H]2CC[C@H](C1)N(C)C2. The van der Waals surface area contributed by atoms with E-state index in [-0.39, 0.29) is 5.91 Å². The van der Waals surface area contributed by atoms with Gasteiger partial charge in [-0.15, -0.1) is 0 Å². The molecule has 1 N–H and O–H groups in total. The lowest BCUT2D eigenvalue weighted by Gasteiger charge is -2.32. The van der Waals surface area contributed by atoms with E-state index in [0.29, 0.717) is 17.7 Å². The highest BCUT2D eigenvalue weighted by molar-refractivity contribution is 5.94. The number of hydrogen-bond acceptors (Lipinski definition) is 3. The number of aromatic nitrogens is 2. The Hall–Kier alpha value is -2.14. The van der Waals surface area contributed by atoms with Crippen LogP contribution in [0.4, 0.5) is 0 Å². The molecule has 1 aromatic carbocycles. The van der Waals surface area contributed by atoms with Crippen molar-refractivity contribution >= 4 is 5.91 Å². The number of imidazole rings is 1. The van der Waals surface area contributed by atoms with Crippen LogP contribution < -0.4 is 0 Å². The topological polar surface area (TPSA) is 52.2 Å². The van der Waals surface area contributed by atoms with E-state index in [4.69, 9.17) is 0 Å². The molecule has 0 saturated carbocycles. The Labute approximate surface area is 142 Å². The molecule has 3 aliphatic rings. The number of aromatic amines is 1. The quantitative estimate of drug-likeness (QED) is 0.924. The third-order valence-electron chi connectivity index (χ3n) is 5.41. The molecule has 3 aliphatic heterocycles. The normalized spacial score (nSPS) is 24.2. The predicted octanol–water partition coefficient (Wildman–Crippen LogP) is 2.55. The van der Waals surface area contributed by atoms with Crippen LogP contribution in [0.3, 0.4) is 0 Å². The molecule has 3 saturated heterocycles. The molecule has 0 spiro atoms. The molecule has 2 bridgehead atoms. The minimum Gasteiger partial charge on any atom is -0.341 e. The van der Waals surface area contributed by atoms with Gasteiger partial charge in [0.1, 0.15) is 11.5 Å². The number of benzene rings is 1. The van der Waals surface area contributed by atoms with Gasteiger partial charge in [-0.25, -0.2) is 4.98 Å². The maximum absolute atomic E-state index is 13.1. The molecule has 5 heteroatoms. The van der Waals surface area contributed by atoms with Gasteiger partial charge in [0.05, 0.1) is 0 Å². The minimum atomic E-state index is 0.0677. The van der Waals surface area contributed by atoms with Crippen LogP contribution in [0.25, 0.3) is 11.4 Å². The first kappa shape index (κ1) is 15.4. The number of hydrogen-bond donors (Lipinski definition) is 1. The van der Waals surface area contributed by atoms with Gasteiger partial charge in [-0.05, 0) is 32.7 Å². The highest BCUT2D eigenvalue weighted by Crippen LogP contribution is 2.28. The molecule has 5 nitrogen and oxygen atoms in total. The second kappa shape index (κ2) is 6.06. The fraction of sp³-hybridized carbons (Fsp3) is 0.474. The number of fused-ring (bicyclic) bond motifs is 4. The zero-order valence-corrected chi connectivity index (χ0v) is 14.3. The Morgan fingerprint density at radius 1 is 1.17 bits per heavy atom. The zero-order valence-electron chi connectivity index (χ0n) is 14.3. The molecule has 2 atom stereocenters. The smallest absolute Gasteiger partial charge is 0.274 e. The summed E-state index contributed by atoms with van der Waals surface area (Å²) in [6.45, 7) is 4.71. The van der Waals surface area contributed by atoms with Crippen LogP contribution in [0.15, 0.2) is 30.3 Å². The molecule has 0 unspecified atom stereocenters. The number of carbonyl (C=O) groups excluding carboxylic acids is 1. The Morgan fingerprint density at radius 3 is 2.71 bits per heavy atom. The maximum atomic E-state index is 13.1. The van der Waals surface area contributed by atoms with Crippen LogP contribution in [0.1, 0.15) is 29.0 Å². The fourth-order valence-electron chi connectivity index (χ4n) is 4.03. The molecular weight excluding hydrogens is 300 g/mol. The van der Waals surface area contributed by atoms with E-state index in [1.165, 1.54) is 12.8 Å². The van der Waals surface area contributed by atoms with Crippen molar-refractivity contribution in [3.63, 3.8) is 0 Å². The number of rotatable bonds is 2. The number of H-pyrrole nitrogens is 1. The van der Waals surface area contributed by atoms with Gasteiger partial charge in [-0.1, -0.05) is 30.3 Å². The molecule has 0 aliphatic carbocycles. The van der Waals surface area contributed by atoms with E-state index in [0.717, 1.165) is 36.7 Å². The molecule has 4 heterocycles. The Balaban J connectivity index is 1.60. The number of nitrogens with zero attached hydrogens (tertiary/aromatic N) is 3. The highest BCUT2D eigenvalue weighted by atomic mass is 16.2. The summed E-state index contributed by atoms with van der Waals surface area (Å²) in [6, 6.07) is 10.4. The van der Waals surface area contributed by atoms with Gasteiger partial charge in [-0.2, -0.15) is 0 Å². The molecule has 0 radical (unpaired) electrons. The molecule has 2 aromatic rings. The van der Waals surface area contributed by atoms with E-state index in [1.54, 1.807) is 0 Å². The van der Waals surface area contributed by atoms with E-state index < -0.39 is 0 Å². The average molecular weight is 324 g/mol. The standard InChI is InChI=1S/C19H24N4O/c1-13-17(21-18(20-13)15-6-4-3-5-7-15)19(24)23-11-14-8-9-16(12-23)22(2)10-14/h3-7,14,16H,8-12H2,1-2H3,(H,20,21)/t14-,16-/m1/s1. The summed E-state index contributed by atoms with van der Waals surface area (Å²) in [5, 5.41) is 0. The van der Waals surface area contributed by atoms with E-state index in [9.17, 15) is 4.79 Å². The molecule has 1 amide bonds. The van der Waals surface area contributed by atoms with Crippen LogP contribution in [-0.4, -0.2) is 58.4 Å². The van der Waals surface area contributed by atoms with Gasteiger partial charge in [0, 0.05) is 36.9 Å². The van der Waals surface area contributed by atoms with E-state index in [2.05, 4.69) is 21.9 Å². The average Bonchev–Trinajstić information content (AvgIpc) is 2.77. The lowest BCUT2D eigenvalue weighted by Crippen LogP contribution is -2.42. The largest absolute Gasteiger partial charge is 0.341 e. The van der Waals surface area contributed by atoms with Crippen molar-refractivity contribution in [2.75, 3.05) is 26.7 Å². The van der Waals surface area contributed by atoms with E-state index in [1.807, 2.05) is 42.2 Å². The summed E-state index contributed by atoms with van der Waals surface area (Å²) in [5.41, 5.74) is 2.43. The van der Waals surface area contributed by atoms with Crippen molar-refractivity contribution in [2.45, 2.75) is 25.8 Å². The minimum absolute atomic E-state index is 0.0677. The fourth-order valence-corrected chi connectivity index (χ4v) is 4.03. The molecule has 3 fully saturated rings. The van der Waals surface area contributed by atoms with Crippen molar-refractivity contribution in [3.05, 3.63) is 41.7 Å². The van der Waals surface area contributed by atoms with Gasteiger partial charge in [0.25, 0.3) is 5.91 Å². The van der Waals surface area contributed by atoms with Gasteiger partial charge in [-0.3, -0.25) is 4.79 Å². The summed E-state index contributed by atoms with van der Waals surface area (Å²) in [6.07, 6.45) is 2.42. The van der Waals surface area contributed by atoms with Crippen molar-refractivity contribution in [3.8, 4) is 11.4 Å². The monoisotopic (exact) mass is 324 g/mol. The van der Waals surface area contributed by atoms with Crippen LogP contribution in [0.2, 0.25) is 0 Å². The van der Waals surface area contributed by atoms with Gasteiger partial charge >= 0.3 is 0 Å². The number of likely N-dealkylation sites (N-methyl/N-ethyl adjacent to an activating group) is 1. The molecule has 24 heavy (non-hydrogen) atoms. The molecule has 5 rings (SSSR count). The van der Waals surface area contributed by atoms with Crippen molar-refractivity contribution in [1.29, 1.82) is 0 Å². The van der Waals surface area contributed by atoms with Crippen LogP contribution >= 0.6 is 0 Å². The Morgan fingerprint density at radius 2 is 1.96 bits per heavy atom. The number of piperidine rings is 1. The Bertz CT molecular complexity index is 739. The molecule has 1 aromatic heterocycles. The van der Waals surface area contributed by atoms with Gasteiger partial charge in [0.2, 0.25) is 0 Å². The van der Waals surface area contributed by atoms with Crippen LogP contribution in [0.5, 0.6) is 0 Å². The van der Waals surface area contributed by atoms with Crippen LogP contribution in [-0.2, 0) is 0 Å². The second-order valence-corrected chi connectivity index (χ2v) is 7.17. The first-order valence-corrected chi connectivity index (χ1v) is 8.73.